The SMILES string of the molecule is CC(C)[C@H]1OCC[C@@H]1CNC(=O)C1=COCCC1. The first-order chi connectivity index (χ1) is 8.68. The van der Waals surface area contributed by atoms with Crippen molar-refractivity contribution in [1.29, 1.82) is 0 Å². The average Bonchev–Trinajstić information content (AvgIpc) is 2.85. The quantitative estimate of drug-likeness (QED) is 0.832. The van der Waals surface area contributed by atoms with Crippen LogP contribution in [0.1, 0.15) is 33.1 Å². The van der Waals surface area contributed by atoms with Crippen LogP contribution < -0.4 is 5.32 Å². The number of rotatable bonds is 4. The monoisotopic (exact) mass is 253 g/mol. The minimum Gasteiger partial charge on any atom is -0.501 e. The number of carbonyl (C=O) groups is 1. The van der Waals surface area contributed by atoms with Crippen LogP contribution in [0.15, 0.2) is 11.8 Å². The van der Waals surface area contributed by atoms with Crippen molar-refractivity contribution in [3.63, 3.8) is 0 Å². The van der Waals surface area contributed by atoms with E-state index in [1.165, 1.54) is 0 Å². The molecule has 0 aromatic heterocycles. The van der Waals surface area contributed by atoms with Gasteiger partial charge in [0.05, 0.1) is 24.5 Å². The van der Waals surface area contributed by atoms with Gasteiger partial charge in [-0.05, 0) is 25.2 Å². The number of amides is 1. The molecule has 0 aromatic carbocycles. The highest BCUT2D eigenvalue weighted by Crippen LogP contribution is 2.26. The van der Waals surface area contributed by atoms with Crippen molar-refractivity contribution < 1.29 is 14.3 Å². The molecule has 0 aromatic rings. The molecule has 4 heteroatoms. The third-order valence-corrected chi connectivity index (χ3v) is 3.67. The standard InChI is InChI=1S/C14H23NO3/c1-10(2)13-11(5-7-18-13)8-15-14(16)12-4-3-6-17-9-12/h9-11,13H,3-8H2,1-2H3,(H,15,16)/t11-,13-/m1/s1. The number of nitrogens with one attached hydrogen (secondary N) is 1. The molecule has 1 fully saturated rings. The lowest BCUT2D eigenvalue weighted by Crippen LogP contribution is -2.35. The second-order valence-corrected chi connectivity index (χ2v) is 5.46. The summed E-state index contributed by atoms with van der Waals surface area (Å²) in [5, 5.41) is 3.01. The Balaban J connectivity index is 1.80. The topological polar surface area (TPSA) is 47.6 Å². The van der Waals surface area contributed by atoms with Crippen LogP contribution in [0.5, 0.6) is 0 Å². The summed E-state index contributed by atoms with van der Waals surface area (Å²) >= 11 is 0. The Bertz CT molecular complexity index is 325. The smallest absolute Gasteiger partial charge is 0.250 e. The summed E-state index contributed by atoms with van der Waals surface area (Å²) in [7, 11) is 0. The van der Waals surface area contributed by atoms with E-state index in [1.54, 1.807) is 6.26 Å². The van der Waals surface area contributed by atoms with Crippen LogP contribution in [0, 0.1) is 11.8 Å². The Hall–Kier alpha value is -1.03. The second kappa shape index (κ2) is 6.23. The fourth-order valence-electron chi connectivity index (χ4n) is 2.68. The molecular formula is C14H23NO3. The van der Waals surface area contributed by atoms with E-state index in [0.717, 1.165) is 38.0 Å². The summed E-state index contributed by atoms with van der Waals surface area (Å²) in [6, 6.07) is 0. The van der Waals surface area contributed by atoms with Crippen molar-refractivity contribution >= 4 is 5.91 Å². The summed E-state index contributed by atoms with van der Waals surface area (Å²) < 4.78 is 10.9. The Morgan fingerprint density at radius 2 is 2.33 bits per heavy atom. The van der Waals surface area contributed by atoms with Gasteiger partial charge in [-0.25, -0.2) is 0 Å². The molecule has 1 amide bonds. The zero-order valence-corrected chi connectivity index (χ0v) is 11.3. The predicted octanol–water partition coefficient (Wildman–Crippen LogP) is 1.86. The lowest BCUT2D eigenvalue weighted by atomic mass is 9.93. The molecule has 2 heterocycles. The Morgan fingerprint density at radius 3 is 3.00 bits per heavy atom. The predicted molar refractivity (Wildman–Crippen MR) is 69.0 cm³/mol. The molecule has 0 radical (unpaired) electrons. The lowest BCUT2D eigenvalue weighted by Gasteiger charge is -2.22. The van der Waals surface area contributed by atoms with E-state index in [4.69, 9.17) is 9.47 Å². The molecule has 0 bridgehead atoms. The molecule has 1 saturated heterocycles. The summed E-state index contributed by atoms with van der Waals surface area (Å²) in [5.41, 5.74) is 0.765. The summed E-state index contributed by atoms with van der Waals surface area (Å²) in [6.45, 7) is 6.58. The van der Waals surface area contributed by atoms with Crippen molar-refractivity contribution in [3.05, 3.63) is 11.8 Å². The molecule has 0 spiro atoms. The maximum Gasteiger partial charge on any atom is 0.250 e. The van der Waals surface area contributed by atoms with Crippen LogP contribution in [0.3, 0.4) is 0 Å². The Morgan fingerprint density at radius 1 is 1.50 bits per heavy atom. The van der Waals surface area contributed by atoms with Crippen LogP contribution in [-0.2, 0) is 14.3 Å². The van der Waals surface area contributed by atoms with Crippen LogP contribution in [0.25, 0.3) is 0 Å². The van der Waals surface area contributed by atoms with E-state index < -0.39 is 0 Å². The van der Waals surface area contributed by atoms with Gasteiger partial charge in [-0.1, -0.05) is 13.8 Å². The first-order valence-corrected chi connectivity index (χ1v) is 6.89. The molecule has 102 valence electrons. The van der Waals surface area contributed by atoms with Gasteiger partial charge in [0, 0.05) is 19.1 Å². The van der Waals surface area contributed by atoms with E-state index in [9.17, 15) is 4.79 Å². The van der Waals surface area contributed by atoms with Crippen molar-refractivity contribution in [2.24, 2.45) is 11.8 Å². The molecule has 18 heavy (non-hydrogen) atoms. The molecule has 2 atom stereocenters. The van der Waals surface area contributed by atoms with E-state index >= 15 is 0 Å². The maximum atomic E-state index is 11.9. The van der Waals surface area contributed by atoms with Gasteiger partial charge in [0.25, 0.3) is 0 Å². The largest absolute Gasteiger partial charge is 0.501 e. The van der Waals surface area contributed by atoms with Crippen molar-refractivity contribution in [3.8, 4) is 0 Å². The van der Waals surface area contributed by atoms with Gasteiger partial charge in [0.2, 0.25) is 5.91 Å². The van der Waals surface area contributed by atoms with Gasteiger partial charge in [-0.15, -0.1) is 0 Å². The molecule has 2 aliphatic rings. The van der Waals surface area contributed by atoms with Crippen molar-refractivity contribution in [1.82, 2.24) is 5.32 Å². The van der Waals surface area contributed by atoms with E-state index in [-0.39, 0.29) is 12.0 Å². The molecule has 0 unspecified atom stereocenters. The molecule has 2 rings (SSSR count). The van der Waals surface area contributed by atoms with Gasteiger partial charge < -0.3 is 14.8 Å². The molecule has 0 saturated carbocycles. The molecular weight excluding hydrogens is 230 g/mol. The van der Waals surface area contributed by atoms with Crippen LogP contribution in [-0.4, -0.2) is 31.8 Å². The summed E-state index contributed by atoms with van der Waals surface area (Å²) in [4.78, 5) is 11.9. The fraction of sp³-hybridized carbons (Fsp3) is 0.786. The van der Waals surface area contributed by atoms with Crippen LogP contribution >= 0.6 is 0 Å². The molecule has 4 nitrogen and oxygen atoms in total. The number of ether oxygens (including phenoxy) is 2. The summed E-state index contributed by atoms with van der Waals surface area (Å²) in [6.07, 6.45) is 4.67. The lowest BCUT2D eigenvalue weighted by molar-refractivity contribution is -0.118. The van der Waals surface area contributed by atoms with Crippen molar-refractivity contribution in [2.45, 2.75) is 39.2 Å². The summed E-state index contributed by atoms with van der Waals surface area (Å²) in [5.74, 6) is 0.967. The third-order valence-electron chi connectivity index (χ3n) is 3.67. The van der Waals surface area contributed by atoms with Crippen molar-refractivity contribution in [2.75, 3.05) is 19.8 Å². The first kappa shape index (κ1) is 13.4. The highest BCUT2D eigenvalue weighted by Gasteiger charge is 2.30. The van der Waals surface area contributed by atoms with Crippen LogP contribution in [0.4, 0.5) is 0 Å². The first-order valence-electron chi connectivity index (χ1n) is 6.89. The Kier molecular flexibility index (Phi) is 4.64. The second-order valence-electron chi connectivity index (χ2n) is 5.46. The fourth-order valence-corrected chi connectivity index (χ4v) is 2.68. The zero-order valence-electron chi connectivity index (χ0n) is 11.3. The minimum absolute atomic E-state index is 0.0177. The maximum absolute atomic E-state index is 11.9. The number of carbonyl (C=O) groups excluding carboxylic acids is 1. The van der Waals surface area contributed by atoms with Gasteiger partial charge in [-0.2, -0.15) is 0 Å². The van der Waals surface area contributed by atoms with Gasteiger partial charge in [0.1, 0.15) is 0 Å². The highest BCUT2D eigenvalue weighted by atomic mass is 16.5. The van der Waals surface area contributed by atoms with E-state index in [0.29, 0.717) is 18.4 Å². The zero-order chi connectivity index (χ0) is 13.0. The van der Waals surface area contributed by atoms with E-state index in [1.807, 2.05) is 0 Å². The van der Waals surface area contributed by atoms with Gasteiger partial charge >= 0.3 is 0 Å². The number of hydrogen-bond donors (Lipinski definition) is 1. The van der Waals surface area contributed by atoms with Gasteiger partial charge in [0.15, 0.2) is 0 Å². The molecule has 1 N–H and O–H groups in total. The minimum atomic E-state index is 0.0177. The average molecular weight is 253 g/mol. The van der Waals surface area contributed by atoms with Gasteiger partial charge in [-0.3, -0.25) is 4.79 Å². The normalized spacial score (nSPS) is 27.8. The molecule has 0 aliphatic carbocycles. The Labute approximate surface area is 109 Å². The third kappa shape index (κ3) is 3.25. The van der Waals surface area contributed by atoms with E-state index in [2.05, 4.69) is 19.2 Å². The molecule has 2 aliphatic heterocycles. The highest BCUT2D eigenvalue weighted by molar-refractivity contribution is 5.93. The number of hydrogen-bond acceptors (Lipinski definition) is 3. The van der Waals surface area contributed by atoms with Crippen LogP contribution in [0.2, 0.25) is 0 Å².